The third-order valence-corrected chi connectivity index (χ3v) is 4.00. The molecule has 19 heavy (non-hydrogen) atoms. The fourth-order valence-electron chi connectivity index (χ4n) is 2.56. The van der Waals surface area contributed by atoms with E-state index in [9.17, 15) is 9.90 Å². The summed E-state index contributed by atoms with van der Waals surface area (Å²) in [5, 5.41) is 12.6. The van der Waals surface area contributed by atoms with Gasteiger partial charge in [-0.2, -0.15) is 0 Å². The molecule has 0 aromatic heterocycles. The third-order valence-electron chi connectivity index (χ3n) is 4.00. The second-order valence-corrected chi connectivity index (χ2v) is 5.03. The molecule has 0 aliphatic carbocycles. The zero-order valence-electron chi connectivity index (χ0n) is 11.5. The van der Waals surface area contributed by atoms with Gasteiger partial charge in [0.25, 0.3) is 0 Å². The monoisotopic (exact) mass is 263 g/mol. The first-order valence-corrected chi connectivity index (χ1v) is 6.84. The summed E-state index contributed by atoms with van der Waals surface area (Å²) in [7, 11) is 0. The maximum absolute atomic E-state index is 11.4. The highest BCUT2D eigenvalue weighted by molar-refractivity contribution is 5.78. The molecule has 4 nitrogen and oxygen atoms in total. The number of nitrogens with one attached hydrogen (secondary N) is 1. The zero-order chi connectivity index (χ0) is 13.9. The Morgan fingerprint density at radius 1 is 1.42 bits per heavy atom. The molecule has 1 unspecified atom stereocenters. The molecular formula is C15H21NO3. The van der Waals surface area contributed by atoms with Crippen molar-refractivity contribution in [3.63, 3.8) is 0 Å². The van der Waals surface area contributed by atoms with Gasteiger partial charge in [-0.15, -0.1) is 0 Å². The van der Waals surface area contributed by atoms with Crippen LogP contribution in [0.2, 0.25) is 0 Å². The van der Waals surface area contributed by atoms with Crippen LogP contribution in [0.5, 0.6) is 5.75 Å². The number of hydrogen-bond acceptors (Lipinski definition) is 3. The molecule has 1 aromatic rings. The standard InChI is InChI=1S/C15H21NO3/c1-3-15(4-2,14(17)18)16-10-12-9-11-7-5-6-8-13(11)19-12/h5-8,12,16H,3-4,9-10H2,1-2H3,(H,17,18). The van der Waals surface area contributed by atoms with Crippen molar-refractivity contribution >= 4 is 5.97 Å². The van der Waals surface area contributed by atoms with Gasteiger partial charge in [-0.05, 0) is 24.5 Å². The van der Waals surface area contributed by atoms with Gasteiger partial charge in [-0.1, -0.05) is 32.0 Å². The zero-order valence-corrected chi connectivity index (χ0v) is 11.5. The number of aliphatic carboxylic acids is 1. The Labute approximate surface area is 113 Å². The molecule has 0 saturated heterocycles. The number of carboxylic acids is 1. The third kappa shape index (κ3) is 2.73. The molecule has 1 aliphatic rings. The Morgan fingerprint density at radius 3 is 2.68 bits per heavy atom. The first-order chi connectivity index (χ1) is 9.11. The van der Waals surface area contributed by atoms with E-state index in [1.165, 1.54) is 5.56 Å². The summed E-state index contributed by atoms with van der Waals surface area (Å²) in [5.41, 5.74) is 0.362. The highest BCUT2D eigenvalue weighted by Crippen LogP contribution is 2.28. The minimum Gasteiger partial charge on any atom is -0.488 e. The number of fused-ring (bicyclic) bond motifs is 1. The highest BCUT2D eigenvalue weighted by atomic mass is 16.5. The van der Waals surface area contributed by atoms with Crippen molar-refractivity contribution in [1.29, 1.82) is 0 Å². The van der Waals surface area contributed by atoms with E-state index in [-0.39, 0.29) is 6.10 Å². The maximum atomic E-state index is 11.4. The second kappa shape index (κ2) is 5.61. The molecule has 2 rings (SSSR count). The number of rotatable bonds is 6. The number of ether oxygens (including phenoxy) is 1. The minimum atomic E-state index is -0.835. The van der Waals surface area contributed by atoms with Crippen LogP contribution < -0.4 is 10.1 Å². The summed E-state index contributed by atoms with van der Waals surface area (Å²) in [4.78, 5) is 11.4. The molecule has 0 radical (unpaired) electrons. The van der Waals surface area contributed by atoms with Gasteiger partial charge >= 0.3 is 5.97 Å². The van der Waals surface area contributed by atoms with Crippen molar-refractivity contribution in [2.45, 2.75) is 44.8 Å². The van der Waals surface area contributed by atoms with E-state index >= 15 is 0 Å². The first-order valence-electron chi connectivity index (χ1n) is 6.84. The van der Waals surface area contributed by atoms with Crippen molar-refractivity contribution < 1.29 is 14.6 Å². The second-order valence-electron chi connectivity index (χ2n) is 5.03. The summed E-state index contributed by atoms with van der Waals surface area (Å²) in [6.45, 7) is 4.35. The normalized spacial score (nSPS) is 17.9. The Bertz CT molecular complexity index is 429. The fourth-order valence-corrected chi connectivity index (χ4v) is 2.56. The van der Waals surface area contributed by atoms with E-state index < -0.39 is 11.5 Å². The predicted molar refractivity (Wildman–Crippen MR) is 73.5 cm³/mol. The Morgan fingerprint density at radius 2 is 2.11 bits per heavy atom. The lowest BCUT2D eigenvalue weighted by atomic mass is 9.92. The van der Waals surface area contributed by atoms with Crippen LogP contribution in [0.1, 0.15) is 32.3 Å². The van der Waals surface area contributed by atoms with Gasteiger partial charge in [-0.25, -0.2) is 0 Å². The van der Waals surface area contributed by atoms with Crippen LogP contribution in [0, 0.1) is 0 Å². The van der Waals surface area contributed by atoms with Crippen molar-refractivity contribution in [1.82, 2.24) is 5.32 Å². The van der Waals surface area contributed by atoms with Crippen LogP contribution in [0.25, 0.3) is 0 Å². The SMILES string of the molecule is CCC(CC)(NCC1Cc2ccccc2O1)C(=O)O. The fraction of sp³-hybridized carbons (Fsp3) is 0.533. The number of benzene rings is 1. The van der Waals surface area contributed by atoms with Gasteiger partial charge in [0, 0.05) is 13.0 Å². The van der Waals surface area contributed by atoms with Gasteiger partial charge in [0.2, 0.25) is 0 Å². The van der Waals surface area contributed by atoms with E-state index in [1.54, 1.807) is 0 Å². The topological polar surface area (TPSA) is 58.6 Å². The number of carboxylic acid groups (broad SMARTS) is 1. The Kier molecular flexibility index (Phi) is 4.10. The first kappa shape index (κ1) is 13.9. The molecule has 4 heteroatoms. The molecule has 0 amide bonds. The van der Waals surface area contributed by atoms with Gasteiger partial charge in [0.15, 0.2) is 0 Å². The molecule has 1 atom stereocenters. The van der Waals surface area contributed by atoms with Crippen molar-refractivity contribution in [2.75, 3.05) is 6.54 Å². The molecule has 0 spiro atoms. The molecule has 1 aromatic carbocycles. The van der Waals surface area contributed by atoms with E-state index in [4.69, 9.17) is 4.74 Å². The van der Waals surface area contributed by atoms with Crippen LogP contribution in [-0.2, 0) is 11.2 Å². The quantitative estimate of drug-likeness (QED) is 0.826. The average Bonchev–Trinajstić information content (AvgIpc) is 2.83. The maximum Gasteiger partial charge on any atom is 0.323 e. The van der Waals surface area contributed by atoms with Crippen LogP contribution in [0.4, 0.5) is 0 Å². The average molecular weight is 263 g/mol. The lowest BCUT2D eigenvalue weighted by molar-refractivity contribution is -0.145. The summed E-state index contributed by atoms with van der Waals surface area (Å²) >= 11 is 0. The van der Waals surface area contributed by atoms with Crippen LogP contribution in [0.3, 0.4) is 0 Å². The summed E-state index contributed by atoms with van der Waals surface area (Å²) < 4.78 is 5.82. The highest BCUT2D eigenvalue weighted by Gasteiger charge is 2.35. The molecule has 104 valence electrons. The number of carbonyl (C=O) groups is 1. The van der Waals surface area contributed by atoms with E-state index in [0.717, 1.165) is 12.2 Å². The number of para-hydroxylation sites is 1. The van der Waals surface area contributed by atoms with Crippen LogP contribution in [0.15, 0.2) is 24.3 Å². The van der Waals surface area contributed by atoms with Gasteiger partial charge in [0.1, 0.15) is 17.4 Å². The molecule has 1 heterocycles. The van der Waals surface area contributed by atoms with Crippen molar-refractivity contribution in [3.8, 4) is 5.75 Å². The van der Waals surface area contributed by atoms with Crippen LogP contribution >= 0.6 is 0 Å². The summed E-state index contributed by atoms with van der Waals surface area (Å²) in [5.74, 6) is 0.135. The van der Waals surface area contributed by atoms with Crippen molar-refractivity contribution in [3.05, 3.63) is 29.8 Å². The lowest BCUT2D eigenvalue weighted by Gasteiger charge is -2.29. The Balaban J connectivity index is 1.96. The molecular weight excluding hydrogens is 242 g/mol. The number of hydrogen-bond donors (Lipinski definition) is 2. The smallest absolute Gasteiger partial charge is 0.323 e. The molecule has 0 bridgehead atoms. The molecule has 2 N–H and O–H groups in total. The lowest BCUT2D eigenvalue weighted by Crippen LogP contribution is -2.53. The van der Waals surface area contributed by atoms with E-state index in [0.29, 0.717) is 19.4 Å². The molecule has 1 aliphatic heterocycles. The minimum absolute atomic E-state index is 0.0224. The Hall–Kier alpha value is -1.55. The van der Waals surface area contributed by atoms with E-state index in [1.807, 2.05) is 32.0 Å². The predicted octanol–water partition coefficient (Wildman–Crippen LogP) is 2.22. The van der Waals surface area contributed by atoms with Gasteiger partial charge in [-0.3, -0.25) is 10.1 Å². The van der Waals surface area contributed by atoms with Gasteiger partial charge in [0.05, 0.1) is 0 Å². The molecule has 0 saturated carbocycles. The van der Waals surface area contributed by atoms with E-state index in [2.05, 4.69) is 11.4 Å². The van der Waals surface area contributed by atoms with Gasteiger partial charge < -0.3 is 9.84 Å². The van der Waals surface area contributed by atoms with Crippen molar-refractivity contribution in [2.24, 2.45) is 0 Å². The van der Waals surface area contributed by atoms with Crippen LogP contribution in [-0.4, -0.2) is 29.3 Å². The largest absolute Gasteiger partial charge is 0.488 e. The molecule has 0 fully saturated rings. The summed E-state index contributed by atoms with van der Waals surface area (Å²) in [6, 6.07) is 7.96. The summed E-state index contributed by atoms with van der Waals surface area (Å²) in [6.07, 6.45) is 2.00.